The van der Waals surface area contributed by atoms with Crippen LogP contribution in [-0.2, 0) is 4.79 Å². The molecule has 0 radical (unpaired) electrons. The average Bonchev–Trinajstić information content (AvgIpc) is 2.89. The largest absolute Gasteiger partial charge is 0.480 e. The summed E-state index contributed by atoms with van der Waals surface area (Å²) in [6.45, 7) is -0.408. The Morgan fingerprint density at radius 3 is 2.79 bits per heavy atom. The van der Waals surface area contributed by atoms with Crippen molar-refractivity contribution in [2.24, 2.45) is 0 Å². The smallest absolute Gasteiger partial charge is 0.322 e. The molecule has 0 saturated heterocycles. The van der Waals surface area contributed by atoms with Crippen molar-refractivity contribution in [3.63, 3.8) is 0 Å². The van der Waals surface area contributed by atoms with Crippen LogP contribution in [0.5, 0.6) is 10.8 Å². The first-order valence-corrected chi connectivity index (χ1v) is 6.34. The highest BCUT2D eigenvalue weighted by molar-refractivity contribution is 7.11. The van der Waals surface area contributed by atoms with Crippen molar-refractivity contribution in [1.29, 1.82) is 0 Å². The Bertz CT molecular complexity index is 580. The molecule has 2 N–H and O–H groups in total. The summed E-state index contributed by atoms with van der Waals surface area (Å²) in [5.41, 5.74) is 0.357. The van der Waals surface area contributed by atoms with E-state index in [2.05, 4.69) is 5.32 Å². The maximum Gasteiger partial charge on any atom is 0.322 e. The van der Waals surface area contributed by atoms with Gasteiger partial charge in [0.1, 0.15) is 12.3 Å². The Morgan fingerprint density at radius 2 is 2.11 bits per heavy atom. The predicted molar refractivity (Wildman–Crippen MR) is 70.8 cm³/mol. The number of amides is 1. The Kier molecular flexibility index (Phi) is 4.15. The number of carbonyl (C=O) groups excluding carboxylic acids is 1. The van der Waals surface area contributed by atoms with Crippen molar-refractivity contribution < 1.29 is 19.4 Å². The van der Waals surface area contributed by atoms with Crippen LogP contribution in [0.2, 0.25) is 0 Å². The molecule has 0 unspecified atom stereocenters. The third kappa shape index (κ3) is 3.82. The maximum atomic E-state index is 11.7. The van der Waals surface area contributed by atoms with Crippen molar-refractivity contribution in [3.05, 3.63) is 47.3 Å². The summed E-state index contributed by atoms with van der Waals surface area (Å²) in [6, 6.07) is 10.3. The first-order valence-electron chi connectivity index (χ1n) is 5.46. The number of thiophene rings is 1. The van der Waals surface area contributed by atoms with Crippen molar-refractivity contribution in [3.8, 4) is 10.8 Å². The van der Waals surface area contributed by atoms with Crippen molar-refractivity contribution in [1.82, 2.24) is 5.32 Å². The quantitative estimate of drug-likeness (QED) is 0.879. The van der Waals surface area contributed by atoms with Crippen molar-refractivity contribution >= 4 is 23.2 Å². The van der Waals surface area contributed by atoms with Gasteiger partial charge in [-0.1, -0.05) is 6.07 Å². The lowest BCUT2D eigenvalue weighted by atomic mass is 10.2. The minimum Gasteiger partial charge on any atom is -0.480 e. The lowest BCUT2D eigenvalue weighted by molar-refractivity contribution is -0.135. The summed E-state index contributed by atoms with van der Waals surface area (Å²) in [4.78, 5) is 22.1. The van der Waals surface area contributed by atoms with Gasteiger partial charge < -0.3 is 15.2 Å². The van der Waals surface area contributed by atoms with Crippen LogP contribution in [0, 0.1) is 0 Å². The van der Waals surface area contributed by atoms with Gasteiger partial charge in [-0.25, -0.2) is 0 Å². The Morgan fingerprint density at radius 1 is 1.26 bits per heavy atom. The Labute approximate surface area is 113 Å². The molecule has 98 valence electrons. The summed E-state index contributed by atoms with van der Waals surface area (Å²) in [5.74, 6) is -0.996. The number of ether oxygens (including phenoxy) is 1. The fraction of sp³-hybridized carbons (Fsp3) is 0.0769. The molecule has 5 nitrogen and oxygen atoms in total. The van der Waals surface area contributed by atoms with E-state index in [1.165, 1.54) is 11.3 Å². The zero-order chi connectivity index (χ0) is 13.7. The predicted octanol–water partition coefficient (Wildman–Crippen LogP) is 2.35. The lowest BCUT2D eigenvalue weighted by Gasteiger charge is -2.06. The summed E-state index contributed by atoms with van der Waals surface area (Å²) in [6.07, 6.45) is 0. The fourth-order valence-corrected chi connectivity index (χ4v) is 1.99. The number of hydrogen-bond donors (Lipinski definition) is 2. The highest BCUT2D eigenvalue weighted by Crippen LogP contribution is 2.26. The number of aliphatic carboxylic acids is 1. The number of carbonyl (C=O) groups is 2. The zero-order valence-corrected chi connectivity index (χ0v) is 10.6. The molecule has 1 aromatic carbocycles. The molecule has 0 bridgehead atoms. The van der Waals surface area contributed by atoms with Crippen LogP contribution in [0.4, 0.5) is 0 Å². The van der Waals surface area contributed by atoms with Gasteiger partial charge in [-0.15, -0.1) is 11.3 Å². The molecule has 0 spiro atoms. The van der Waals surface area contributed by atoms with Crippen molar-refractivity contribution in [2.45, 2.75) is 0 Å². The molecule has 1 amide bonds. The van der Waals surface area contributed by atoms with E-state index in [0.717, 1.165) is 5.06 Å². The molecule has 1 heterocycles. The molecule has 0 saturated carbocycles. The number of benzene rings is 1. The molecule has 0 fully saturated rings. The summed E-state index contributed by atoms with van der Waals surface area (Å²) in [7, 11) is 0. The van der Waals surface area contributed by atoms with Crippen LogP contribution in [0.15, 0.2) is 41.8 Å². The second-order valence-corrected chi connectivity index (χ2v) is 4.55. The number of nitrogens with one attached hydrogen (secondary N) is 1. The van der Waals surface area contributed by atoms with Crippen LogP contribution < -0.4 is 10.1 Å². The van der Waals surface area contributed by atoms with Gasteiger partial charge in [-0.2, -0.15) is 0 Å². The monoisotopic (exact) mass is 277 g/mol. The highest BCUT2D eigenvalue weighted by atomic mass is 32.1. The van der Waals surface area contributed by atoms with Crippen LogP contribution in [0.3, 0.4) is 0 Å². The van der Waals surface area contributed by atoms with E-state index in [4.69, 9.17) is 9.84 Å². The minimum atomic E-state index is -1.08. The van der Waals surface area contributed by atoms with Crippen LogP contribution in [-0.4, -0.2) is 23.5 Å². The standard InChI is InChI=1S/C13H11NO4S/c15-11(16)8-14-13(17)9-3-1-4-10(7-9)18-12-5-2-6-19-12/h1-7H,8H2,(H,14,17)(H,15,16). The van der Waals surface area contributed by atoms with E-state index >= 15 is 0 Å². The Hall–Kier alpha value is -2.34. The lowest BCUT2D eigenvalue weighted by Crippen LogP contribution is -2.29. The van der Waals surface area contributed by atoms with E-state index in [1.807, 2.05) is 17.5 Å². The number of rotatable bonds is 5. The van der Waals surface area contributed by atoms with E-state index in [9.17, 15) is 9.59 Å². The second kappa shape index (κ2) is 6.01. The number of carboxylic acids is 1. The molecule has 0 aliphatic carbocycles. The number of hydrogen-bond acceptors (Lipinski definition) is 4. The van der Waals surface area contributed by atoms with E-state index in [1.54, 1.807) is 24.3 Å². The molecule has 1 aromatic heterocycles. The molecule has 2 rings (SSSR count). The van der Waals surface area contributed by atoms with Gasteiger partial charge in [0.25, 0.3) is 5.91 Å². The number of carboxylic acid groups (broad SMARTS) is 1. The van der Waals surface area contributed by atoms with Gasteiger partial charge in [0.05, 0.1) is 0 Å². The first-order chi connectivity index (χ1) is 9.15. The van der Waals surface area contributed by atoms with Gasteiger partial charge in [0.15, 0.2) is 5.06 Å². The van der Waals surface area contributed by atoms with Crippen LogP contribution in [0.25, 0.3) is 0 Å². The molecular formula is C13H11NO4S. The SMILES string of the molecule is O=C(O)CNC(=O)c1cccc(Oc2cccs2)c1. The Balaban J connectivity index is 2.06. The highest BCUT2D eigenvalue weighted by Gasteiger charge is 2.08. The second-order valence-electron chi connectivity index (χ2n) is 3.64. The minimum absolute atomic E-state index is 0.357. The molecule has 0 atom stereocenters. The van der Waals surface area contributed by atoms with Gasteiger partial charge in [-0.3, -0.25) is 9.59 Å². The first kappa shape index (κ1) is 13.1. The van der Waals surface area contributed by atoms with Crippen LogP contribution >= 0.6 is 11.3 Å². The fourth-order valence-electron chi connectivity index (χ4n) is 1.40. The summed E-state index contributed by atoms with van der Waals surface area (Å²) >= 11 is 1.45. The zero-order valence-electron chi connectivity index (χ0n) is 9.83. The van der Waals surface area contributed by atoms with Gasteiger partial charge in [-0.05, 0) is 35.7 Å². The molecule has 6 heteroatoms. The summed E-state index contributed by atoms with van der Waals surface area (Å²) in [5, 5.41) is 13.4. The molecular weight excluding hydrogens is 266 g/mol. The molecule has 2 aromatic rings. The van der Waals surface area contributed by atoms with Crippen LogP contribution in [0.1, 0.15) is 10.4 Å². The van der Waals surface area contributed by atoms with Gasteiger partial charge in [0.2, 0.25) is 0 Å². The summed E-state index contributed by atoms with van der Waals surface area (Å²) < 4.78 is 5.56. The molecule has 0 aliphatic rings. The normalized spacial score (nSPS) is 9.89. The van der Waals surface area contributed by atoms with E-state index in [0.29, 0.717) is 11.3 Å². The van der Waals surface area contributed by atoms with Crippen molar-refractivity contribution in [2.75, 3.05) is 6.54 Å². The maximum absolute atomic E-state index is 11.7. The average molecular weight is 277 g/mol. The topological polar surface area (TPSA) is 75.6 Å². The van der Waals surface area contributed by atoms with E-state index < -0.39 is 18.4 Å². The third-order valence-electron chi connectivity index (χ3n) is 2.21. The van der Waals surface area contributed by atoms with Gasteiger partial charge in [0, 0.05) is 5.56 Å². The van der Waals surface area contributed by atoms with E-state index in [-0.39, 0.29) is 0 Å². The molecule has 19 heavy (non-hydrogen) atoms. The van der Waals surface area contributed by atoms with Gasteiger partial charge >= 0.3 is 5.97 Å². The third-order valence-corrected chi connectivity index (χ3v) is 2.95. The molecule has 0 aliphatic heterocycles.